The number of aliphatic hydroxyl groups is 1. The summed E-state index contributed by atoms with van der Waals surface area (Å²) in [5.41, 5.74) is 0.986. The fourth-order valence-corrected chi connectivity index (χ4v) is 4.10. The lowest BCUT2D eigenvalue weighted by Crippen LogP contribution is -2.58. The molecule has 1 aromatic carbocycles. The normalized spacial score (nSPS) is 25.1. The van der Waals surface area contributed by atoms with Gasteiger partial charge in [0.15, 0.2) is 0 Å². The average molecular weight is 283 g/mol. The Balaban J connectivity index is 2.35. The Bertz CT molecular complexity index is 534. The molecular weight excluding hydrogens is 262 g/mol. The Hall–Kier alpha value is -0.910. The minimum Gasteiger partial charge on any atom is -0.395 e. The van der Waals surface area contributed by atoms with Crippen LogP contribution in [0.5, 0.6) is 0 Å². The van der Waals surface area contributed by atoms with E-state index in [4.69, 9.17) is 0 Å². The summed E-state index contributed by atoms with van der Waals surface area (Å²) in [4.78, 5) is 0. The number of rotatable bonds is 3. The summed E-state index contributed by atoms with van der Waals surface area (Å²) in [6.07, 6.45) is 0.676. The molecule has 1 heterocycles. The van der Waals surface area contributed by atoms with Gasteiger partial charge in [-0.05, 0) is 32.8 Å². The molecular formula is C14H21NO3S. The van der Waals surface area contributed by atoms with E-state index in [1.54, 1.807) is 20.8 Å². The third-order valence-electron chi connectivity index (χ3n) is 3.61. The number of benzene rings is 1. The number of aliphatic hydroxyl groups excluding tert-OH is 1. The van der Waals surface area contributed by atoms with E-state index in [0.717, 1.165) is 5.56 Å². The van der Waals surface area contributed by atoms with Crippen LogP contribution in [0.15, 0.2) is 30.3 Å². The van der Waals surface area contributed by atoms with Crippen LogP contribution in [0.4, 0.5) is 0 Å². The van der Waals surface area contributed by atoms with Crippen molar-refractivity contribution in [2.24, 2.45) is 0 Å². The van der Waals surface area contributed by atoms with Crippen LogP contribution in [0.2, 0.25) is 0 Å². The van der Waals surface area contributed by atoms with Gasteiger partial charge in [-0.25, -0.2) is 8.42 Å². The van der Waals surface area contributed by atoms with E-state index < -0.39 is 14.8 Å². The van der Waals surface area contributed by atoms with Crippen molar-refractivity contribution in [2.45, 2.75) is 44.0 Å². The molecule has 0 spiro atoms. The molecule has 0 aliphatic carbocycles. The van der Waals surface area contributed by atoms with Crippen molar-refractivity contribution in [3.8, 4) is 0 Å². The molecule has 106 valence electrons. The van der Waals surface area contributed by atoms with E-state index in [1.165, 1.54) is 4.31 Å². The van der Waals surface area contributed by atoms with Gasteiger partial charge in [0.2, 0.25) is 10.0 Å². The summed E-state index contributed by atoms with van der Waals surface area (Å²) in [5.74, 6) is 0. The molecule has 1 aliphatic heterocycles. The summed E-state index contributed by atoms with van der Waals surface area (Å²) in [6.45, 7) is 4.95. The minimum absolute atomic E-state index is 0.126. The number of hydrogen-bond donors (Lipinski definition) is 1. The van der Waals surface area contributed by atoms with Crippen molar-refractivity contribution in [2.75, 3.05) is 6.61 Å². The highest BCUT2D eigenvalue weighted by Crippen LogP contribution is 2.43. The first-order chi connectivity index (χ1) is 8.79. The van der Waals surface area contributed by atoms with Crippen LogP contribution in [-0.2, 0) is 10.0 Å². The summed E-state index contributed by atoms with van der Waals surface area (Å²) in [7, 11) is -3.42. The van der Waals surface area contributed by atoms with Gasteiger partial charge in [0.05, 0.1) is 23.4 Å². The Morgan fingerprint density at radius 1 is 1.26 bits per heavy atom. The van der Waals surface area contributed by atoms with Crippen molar-refractivity contribution >= 4 is 10.0 Å². The van der Waals surface area contributed by atoms with E-state index in [2.05, 4.69) is 0 Å². The van der Waals surface area contributed by atoms with E-state index in [-0.39, 0.29) is 18.7 Å². The third kappa shape index (κ3) is 2.42. The highest BCUT2D eigenvalue weighted by Gasteiger charge is 2.50. The van der Waals surface area contributed by atoms with Gasteiger partial charge in [0.25, 0.3) is 0 Å². The van der Waals surface area contributed by atoms with Gasteiger partial charge in [-0.3, -0.25) is 0 Å². The summed E-state index contributed by atoms with van der Waals surface area (Å²) in [5, 5.41) is 9.34. The maximum absolute atomic E-state index is 12.6. The largest absolute Gasteiger partial charge is 0.395 e. The van der Waals surface area contributed by atoms with Crippen molar-refractivity contribution < 1.29 is 13.5 Å². The lowest BCUT2D eigenvalue weighted by Gasteiger charge is -2.49. The fourth-order valence-electron chi connectivity index (χ4n) is 2.38. The second-order valence-electron chi connectivity index (χ2n) is 5.95. The van der Waals surface area contributed by atoms with Crippen LogP contribution >= 0.6 is 0 Å². The van der Waals surface area contributed by atoms with Crippen LogP contribution in [0.3, 0.4) is 0 Å². The smallest absolute Gasteiger partial charge is 0.219 e. The molecule has 1 aliphatic rings. The SMILES string of the molecule is CC(C)(C)S(=O)(=O)N1[C@H](CO)C[C@H]1c1ccccc1. The molecule has 0 saturated carbocycles. The standard InChI is InChI=1S/C14H21NO3S/c1-14(2,3)19(17,18)15-12(10-16)9-13(15)11-7-5-4-6-8-11/h4-8,12-13,16H,9-10H2,1-3H3/t12-,13-/m0/s1. The zero-order valence-electron chi connectivity index (χ0n) is 11.6. The summed E-state index contributed by atoms with van der Waals surface area (Å²) >= 11 is 0. The van der Waals surface area contributed by atoms with Crippen LogP contribution in [-0.4, -0.2) is 35.2 Å². The predicted molar refractivity (Wildman–Crippen MR) is 75.2 cm³/mol. The zero-order chi connectivity index (χ0) is 14.3. The second kappa shape index (κ2) is 4.89. The molecule has 1 saturated heterocycles. The van der Waals surface area contributed by atoms with Gasteiger partial charge < -0.3 is 5.11 Å². The zero-order valence-corrected chi connectivity index (χ0v) is 12.4. The lowest BCUT2D eigenvalue weighted by molar-refractivity contribution is 0.0558. The Morgan fingerprint density at radius 2 is 1.84 bits per heavy atom. The molecule has 1 fully saturated rings. The van der Waals surface area contributed by atoms with E-state index in [9.17, 15) is 13.5 Å². The van der Waals surface area contributed by atoms with Crippen molar-refractivity contribution in [1.82, 2.24) is 4.31 Å². The van der Waals surface area contributed by atoms with Crippen LogP contribution in [0, 0.1) is 0 Å². The molecule has 0 amide bonds. The average Bonchev–Trinajstić information content (AvgIpc) is 2.27. The molecule has 2 rings (SSSR count). The lowest BCUT2D eigenvalue weighted by atomic mass is 9.91. The predicted octanol–water partition coefficient (Wildman–Crippen LogP) is 1.92. The topological polar surface area (TPSA) is 57.6 Å². The molecule has 0 unspecified atom stereocenters. The van der Waals surface area contributed by atoms with Gasteiger partial charge >= 0.3 is 0 Å². The monoisotopic (exact) mass is 283 g/mol. The maximum Gasteiger partial charge on any atom is 0.219 e. The van der Waals surface area contributed by atoms with Crippen molar-refractivity contribution in [1.29, 1.82) is 0 Å². The van der Waals surface area contributed by atoms with Gasteiger partial charge in [-0.15, -0.1) is 0 Å². The second-order valence-corrected chi connectivity index (χ2v) is 8.54. The number of hydrogen-bond acceptors (Lipinski definition) is 3. The van der Waals surface area contributed by atoms with E-state index in [1.807, 2.05) is 30.3 Å². The summed E-state index contributed by atoms with van der Waals surface area (Å²) < 4.78 is 25.8. The molecule has 2 atom stereocenters. The Labute approximate surface area is 115 Å². The molecule has 19 heavy (non-hydrogen) atoms. The Kier molecular flexibility index (Phi) is 3.73. The molecule has 1 aromatic rings. The van der Waals surface area contributed by atoms with E-state index >= 15 is 0 Å². The van der Waals surface area contributed by atoms with Gasteiger partial charge in [0, 0.05) is 0 Å². The Morgan fingerprint density at radius 3 is 2.32 bits per heavy atom. The first-order valence-corrected chi connectivity index (χ1v) is 7.92. The first-order valence-electron chi connectivity index (χ1n) is 6.48. The van der Waals surface area contributed by atoms with Crippen LogP contribution in [0.25, 0.3) is 0 Å². The van der Waals surface area contributed by atoms with Crippen molar-refractivity contribution in [3.63, 3.8) is 0 Å². The van der Waals surface area contributed by atoms with Crippen molar-refractivity contribution in [3.05, 3.63) is 35.9 Å². The molecule has 5 heteroatoms. The minimum atomic E-state index is -3.42. The molecule has 0 aromatic heterocycles. The van der Waals surface area contributed by atoms with Gasteiger partial charge in [-0.1, -0.05) is 30.3 Å². The molecule has 0 radical (unpaired) electrons. The molecule has 4 nitrogen and oxygen atoms in total. The number of sulfonamides is 1. The van der Waals surface area contributed by atoms with Crippen LogP contribution < -0.4 is 0 Å². The maximum atomic E-state index is 12.6. The fraction of sp³-hybridized carbons (Fsp3) is 0.571. The highest BCUT2D eigenvalue weighted by molar-refractivity contribution is 7.90. The highest BCUT2D eigenvalue weighted by atomic mass is 32.2. The quantitative estimate of drug-likeness (QED) is 0.922. The van der Waals surface area contributed by atoms with Gasteiger partial charge in [0.1, 0.15) is 0 Å². The molecule has 1 N–H and O–H groups in total. The van der Waals surface area contributed by atoms with Gasteiger partial charge in [-0.2, -0.15) is 4.31 Å². The number of nitrogens with zero attached hydrogens (tertiary/aromatic N) is 1. The van der Waals surface area contributed by atoms with Crippen LogP contribution in [0.1, 0.15) is 38.8 Å². The summed E-state index contributed by atoms with van der Waals surface area (Å²) in [6, 6.07) is 9.14. The molecule has 0 bridgehead atoms. The third-order valence-corrected chi connectivity index (χ3v) is 6.26. The first kappa shape index (κ1) is 14.5. The van der Waals surface area contributed by atoms with E-state index in [0.29, 0.717) is 6.42 Å².